The number of sulfone groups is 1. The monoisotopic (exact) mass is 290 g/mol. The maximum Gasteiger partial charge on any atom is 0.187 e. The maximum atomic E-state index is 11.8. The van der Waals surface area contributed by atoms with Crippen LogP contribution in [0.2, 0.25) is 0 Å². The summed E-state index contributed by atoms with van der Waals surface area (Å²) in [4.78, 5) is 0. The SMILES string of the molecule is O=S1(=O)C[C@H]2[C@H]1[C@]1(Cl)O[C@@]2(Cl)c2ccccc21. The molecule has 4 rings (SSSR count). The molecule has 1 aromatic rings. The largest absolute Gasteiger partial charge is 0.328 e. The second-order valence-corrected chi connectivity index (χ2v) is 8.08. The Morgan fingerprint density at radius 3 is 2.35 bits per heavy atom. The second-order valence-electron chi connectivity index (χ2n) is 4.79. The molecule has 0 aliphatic carbocycles. The van der Waals surface area contributed by atoms with E-state index >= 15 is 0 Å². The molecule has 2 bridgehead atoms. The van der Waals surface area contributed by atoms with Crippen molar-refractivity contribution >= 4 is 33.0 Å². The van der Waals surface area contributed by atoms with Crippen LogP contribution in [0, 0.1) is 5.92 Å². The van der Waals surface area contributed by atoms with Gasteiger partial charge in [-0.05, 0) is 0 Å². The molecule has 17 heavy (non-hydrogen) atoms. The molecular weight excluding hydrogens is 283 g/mol. The maximum absolute atomic E-state index is 11.8. The fourth-order valence-corrected chi connectivity index (χ4v) is 6.99. The third-order valence-corrected chi connectivity index (χ3v) is 7.43. The second kappa shape index (κ2) is 2.67. The molecule has 3 aliphatic rings. The molecule has 0 amide bonds. The Bertz CT molecular complexity index is 644. The van der Waals surface area contributed by atoms with E-state index in [0.717, 1.165) is 5.56 Å². The fourth-order valence-electron chi connectivity index (χ4n) is 3.25. The molecule has 0 N–H and O–H groups in total. The van der Waals surface area contributed by atoms with Crippen LogP contribution in [0.1, 0.15) is 11.1 Å². The van der Waals surface area contributed by atoms with Crippen molar-refractivity contribution in [2.45, 2.75) is 15.4 Å². The Kier molecular flexibility index (Phi) is 1.66. The zero-order valence-corrected chi connectivity index (χ0v) is 10.9. The van der Waals surface area contributed by atoms with Gasteiger partial charge >= 0.3 is 0 Å². The summed E-state index contributed by atoms with van der Waals surface area (Å²) in [5.41, 5.74) is 1.51. The minimum atomic E-state index is -3.17. The average Bonchev–Trinajstić information content (AvgIpc) is 2.58. The molecule has 4 atom stereocenters. The highest BCUT2D eigenvalue weighted by atomic mass is 35.5. The number of alkyl halides is 2. The van der Waals surface area contributed by atoms with E-state index in [1.165, 1.54) is 0 Å². The normalized spacial score (nSPS) is 48.4. The Labute approximate surface area is 109 Å². The van der Waals surface area contributed by atoms with E-state index < -0.39 is 25.2 Å². The van der Waals surface area contributed by atoms with Gasteiger partial charge in [0.25, 0.3) is 0 Å². The molecule has 90 valence electrons. The molecule has 6 heteroatoms. The van der Waals surface area contributed by atoms with Crippen LogP contribution < -0.4 is 0 Å². The number of rotatable bonds is 0. The highest BCUT2D eigenvalue weighted by Crippen LogP contribution is 2.70. The predicted molar refractivity (Wildman–Crippen MR) is 63.7 cm³/mol. The summed E-state index contributed by atoms with van der Waals surface area (Å²) < 4.78 is 29.3. The standard InChI is InChI=1S/C11H8Cl2O3S/c12-10-6-3-1-2-4-7(6)11(13,16-10)9-8(10)5-17(9,14)15/h1-4,8-9H,5H2/t8-,9-,10-,11+/m0/s1. The van der Waals surface area contributed by atoms with Gasteiger partial charge in [0.1, 0.15) is 5.25 Å². The summed E-state index contributed by atoms with van der Waals surface area (Å²) in [6.07, 6.45) is 0. The predicted octanol–water partition coefficient (Wildman–Crippen LogP) is 1.93. The van der Waals surface area contributed by atoms with Crippen LogP contribution in [0.4, 0.5) is 0 Å². The van der Waals surface area contributed by atoms with Crippen molar-refractivity contribution in [3.05, 3.63) is 35.4 Å². The van der Waals surface area contributed by atoms with Crippen molar-refractivity contribution in [3.8, 4) is 0 Å². The van der Waals surface area contributed by atoms with Crippen molar-refractivity contribution in [2.24, 2.45) is 5.92 Å². The molecule has 1 aromatic carbocycles. The van der Waals surface area contributed by atoms with E-state index in [1.54, 1.807) is 6.07 Å². The summed E-state index contributed by atoms with van der Waals surface area (Å²) in [7, 11) is -3.17. The van der Waals surface area contributed by atoms with Gasteiger partial charge in [-0.15, -0.1) is 0 Å². The van der Waals surface area contributed by atoms with Crippen LogP contribution in [0.25, 0.3) is 0 Å². The van der Waals surface area contributed by atoms with Gasteiger partial charge in [-0.3, -0.25) is 0 Å². The Hall–Kier alpha value is -0.290. The molecule has 0 saturated carbocycles. The molecule has 2 saturated heterocycles. The summed E-state index contributed by atoms with van der Waals surface area (Å²) in [5.74, 6) is -0.175. The van der Waals surface area contributed by atoms with Crippen LogP contribution in [0.3, 0.4) is 0 Å². The van der Waals surface area contributed by atoms with Crippen molar-refractivity contribution < 1.29 is 13.2 Å². The smallest absolute Gasteiger partial charge is 0.187 e. The van der Waals surface area contributed by atoms with Crippen LogP contribution in [-0.2, 0) is 24.7 Å². The Morgan fingerprint density at radius 1 is 1.18 bits per heavy atom. The summed E-state index contributed by atoms with van der Waals surface area (Å²) >= 11 is 12.9. The number of halogens is 2. The van der Waals surface area contributed by atoms with Gasteiger partial charge in [-0.2, -0.15) is 0 Å². The van der Waals surface area contributed by atoms with E-state index in [9.17, 15) is 8.42 Å². The molecule has 0 spiro atoms. The lowest BCUT2D eigenvalue weighted by atomic mass is 9.83. The minimum Gasteiger partial charge on any atom is -0.328 e. The third-order valence-electron chi connectivity index (χ3n) is 3.97. The third kappa shape index (κ3) is 0.951. The van der Waals surface area contributed by atoms with Gasteiger partial charge < -0.3 is 4.74 Å². The molecule has 3 aliphatic heterocycles. The molecule has 3 heterocycles. The van der Waals surface area contributed by atoms with Crippen molar-refractivity contribution in [1.82, 2.24) is 0 Å². The molecule has 0 aromatic heterocycles. The molecule has 2 fully saturated rings. The summed E-state index contributed by atoms with van der Waals surface area (Å²) in [6.45, 7) is 0. The lowest BCUT2D eigenvalue weighted by molar-refractivity contribution is 0.00565. The van der Waals surface area contributed by atoms with E-state index in [1.807, 2.05) is 18.2 Å². The first-order valence-electron chi connectivity index (χ1n) is 5.29. The van der Waals surface area contributed by atoms with Gasteiger partial charge in [-0.1, -0.05) is 47.5 Å². The number of fused-ring (bicyclic) bond motifs is 8. The zero-order valence-electron chi connectivity index (χ0n) is 8.56. The first-order chi connectivity index (χ1) is 7.90. The fraction of sp³-hybridized carbons (Fsp3) is 0.455. The van der Waals surface area contributed by atoms with Crippen LogP contribution in [-0.4, -0.2) is 19.4 Å². The highest BCUT2D eigenvalue weighted by Gasteiger charge is 2.78. The summed E-state index contributed by atoms with van der Waals surface area (Å²) in [6, 6.07) is 7.31. The van der Waals surface area contributed by atoms with Crippen LogP contribution in [0.15, 0.2) is 24.3 Å². The number of benzene rings is 1. The Morgan fingerprint density at radius 2 is 1.76 bits per heavy atom. The summed E-state index contributed by atoms with van der Waals surface area (Å²) in [5, 5.41) is -3.06. The van der Waals surface area contributed by atoms with Crippen LogP contribution >= 0.6 is 23.2 Å². The van der Waals surface area contributed by atoms with Gasteiger partial charge in [0.15, 0.2) is 20.0 Å². The van der Waals surface area contributed by atoms with Gasteiger partial charge in [0.05, 0.1) is 5.75 Å². The van der Waals surface area contributed by atoms with E-state index in [0.29, 0.717) is 5.56 Å². The quantitative estimate of drug-likeness (QED) is 0.686. The van der Waals surface area contributed by atoms with E-state index in [4.69, 9.17) is 27.9 Å². The molecule has 3 nitrogen and oxygen atoms in total. The lowest BCUT2D eigenvalue weighted by Crippen LogP contribution is -2.57. The molecule has 0 radical (unpaired) electrons. The number of ether oxygens (including phenoxy) is 1. The van der Waals surface area contributed by atoms with Crippen molar-refractivity contribution in [3.63, 3.8) is 0 Å². The van der Waals surface area contributed by atoms with E-state index in [-0.39, 0.29) is 11.7 Å². The van der Waals surface area contributed by atoms with Crippen molar-refractivity contribution in [2.75, 3.05) is 5.75 Å². The average molecular weight is 291 g/mol. The molecular formula is C11H8Cl2O3S. The zero-order chi connectivity index (χ0) is 12.1. The van der Waals surface area contributed by atoms with Gasteiger partial charge in [0.2, 0.25) is 0 Å². The highest BCUT2D eigenvalue weighted by molar-refractivity contribution is 7.93. The minimum absolute atomic E-state index is 0.0595. The topological polar surface area (TPSA) is 43.4 Å². The number of hydrogen-bond acceptors (Lipinski definition) is 3. The first-order valence-corrected chi connectivity index (χ1v) is 7.76. The van der Waals surface area contributed by atoms with Gasteiger partial charge in [-0.25, -0.2) is 8.42 Å². The van der Waals surface area contributed by atoms with Crippen molar-refractivity contribution in [1.29, 1.82) is 0 Å². The van der Waals surface area contributed by atoms with Gasteiger partial charge in [0, 0.05) is 17.0 Å². The lowest BCUT2D eigenvalue weighted by Gasteiger charge is -2.42. The van der Waals surface area contributed by atoms with Crippen LogP contribution in [0.5, 0.6) is 0 Å². The Balaban J connectivity index is 2.05. The van der Waals surface area contributed by atoms with E-state index in [2.05, 4.69) is 0 Å². The first kappa shape index (κ1) is 10.6. The molecule has 0 unspecified atom stereocenters. The number of hydrogen-bond donors (Lipinski definition) is 0.